The monoisotopic (exact) mass is 399 g/mol. The summed E-state index contributed by atoms with van der Waals surface area (Å²) in [5, 5.41) is 3.91. The molecule has 6 rings (SSSR count). The number of hydrogen-bond donors (Lipinski definition) is 1. The van der Waals surface area contributed by atoms with E-state index in [-0.39, 0.29) is 5.72 Å². The zero-order valence-corrected chi connectivity index (χ0v) is 19.5. The van der Waals surface area contributed by atoms with Crippen LogP contribution < -0.4 is 5.32 Å². The Morgan fingerprint density at radius 3 is 2.48 bits per heavy atom. The van der Waals surface area contributed by atoms with Crippen molar-refractivity contribution in [3.63, 3.8) is 0 Å². The molecule has 2 nitrogen and oxygen atoms in total. The summed E-state index contributed by atoms with van der Waals surface area (Å²) in [6, 6.07) is 0. The molecule has 1 spiro atoms. The second kappa shape index (κ2) is 6.47. The van der Waals surface area contributed by atoms with E-state index in [0.29, 0.717) is 22.9 Å². The van der Waals surface area contributed by atoms with E-state index in [1.807, 2.05) is 0 Å². The summed E-state index contributed by atoms with van der Waals surface area (Å²) in [5.74, 6) is 6.23. The molecule has 164 valence electrons. The molecule has 0 radical (unpaired) electrons. The van der Waals surface area contributed by atoms with Crippen LogP contribution in [0.1, 0.15) is 98.3 Å². The smallest absolute Gasteiger partial charge is 0.122 e. The van der Waals surface area contributed by atoms with Crippen molar-refractivity contribution < 1.29 is 4.74 Å². The van der Waals surface area contributed by atoms with Gasteiger partial charge in [0.25, 0.3) is 0 Å². The van der Waals surface area contributed by atoms with Crippen LogP contribution in [0.5, 0.6) is 0 Å². The highest BCUT2D eigenvalue weighted by atomic mass is 16.5. The van der Waals surface area contributed by atoms with Gasteiger partial charge in [-0.05, 0) is 104 Å². The van der Waals surface area contributed by atoms with Crippen LogP contribution >= 0.6 is 0 Å². The molecule has 0 aromatic carbocycles. The number of ether oxygens (including phenoxy) is 1. The highest BCUT2D eigenvalue weighted by molar-refractivity contribution is 5.16. The van der Waals surface area contributed by atoms with E-state index < -0.39 is 0 Å². The zero-order valence-electron chi connectivity index (χ0n) is 19.5. The summed E-state index contributed by atoms with van der Waals surface area (Å²) in [4.78, 5) is 0. The van der Waals surface area contributed by atoms with Gasteiger partial charge in [-0.15, -0.1) is 0 Å². The van der Waals surface area contributed by atoms with Gasteiger partial charge in [0, 0.05) is 12.5 Å². The SMILES string of the molecule is CC1CC[C@]2(NC1)O[C@H]1C[C@H]3[C@@H]4CCC5CCCC[C@]5(C)[C@H]4CC[C@]3(C)[C@H]1[C@@H]2C. The van der Waals surface area contributed by atoms with E-state index in [2.05, 4.69) is 33.0 Å². The van der Waals surface area contributed by atoms with Gasteiger partial charge in [-0.1, -0.05) is 40.5 Å². The molecule has 6 aliphatic rings. The third-order valence-corrected chi connectivity index (χ3v) is 12.1. The number of rotatable bonds is 0. The lowest BCUT2D eigenvalue weighted by Gasteiger charge is -2.61. The Balaban J connectivity index is 1.27. The van der Waals surface area contributed by atoms with E-state index in [0.717, 1.165) is 42.1 Å². The molecule has 4 aliphatic carbocycles. The molecule has 0 aromatic rings. The first-order valence-electron chi connectivity index (χ1n) is 13.3. The van der Waals surface area contributed by atoms with Gasteiger partial charge in [0.05, 0.1) is 6.10 Å². The van der Waals surface area contributed by atoms with Gasteiger partial charge in [-0.3, -0.25) is 5.32 Å². The Hall–Kier alpha value is -0.0800. The molecule has 0 aromatic heterocycles. The molecule has 2 saturated heterocycles. The Labute approximate surface area is 179 Å². The average Bonchev–Trinajstić information content (AvgIpc) is 3.15. The maximum absolute atomic E-state index is 7.03. The Morgan fingerprint density at radius 1 is 0.828 bits per heavy atom. The van der Waals surface area contributed by atoms with Crippen molar-refractivity contribution in [3.8, 4) is 0 Å². The van der Waals surface area contributed by atoms with Gasteiger partial charge in [-0.25, -0.2) is 0 Å². The maximum Gasteiger partial charge on any atom is 0.122 e. The van der Waals surface area contributed by atoms with Gasteiger partial charge in [0.2, 0.25) is 0 Å². The van der Waals surface area contributed by atoms with Crippen LogP contribution in [0.25, 0.3) is 0 Å². The lowest BCUT2D eigenvalue weighted by atomic mass is 9.44. The summed E-state index contributed by atoms with van der Waals surface area (Å²) in [6.07, 6.45) is 16.5. The number of piperidine rings is 1. The molecule has 2 unspecified atom stereocenters. The molecular weight excluding hydrogens is 354 g/mol. The van der Waals surface area contributed by atoms with E-state index in [1.54, 1.807) is 0 Å². The maximum atomic E-state index is 7.03. The lowest BCUT2D eigenvalue weighted by Crippen LogP contribution is -2.57. The largest absolute Gasteiger partial charge is 0.357 e. The van der Waals surface area contributed by atoms with Crippen LogP contribution in [0.15, 0.2) is 0 Å². The quantitative estimate of drug-likeness (QED) is 0.509. The minimum Gasteiger partial charge on any atom is -0.357 e. The highest BCUT2D eigenvalue weighted by Crippen LogP contribution is 2.71. The molecule has 0 amide bonds. The summed E-state index contributed by atoms with van der Waals surface area (Å²) in [7, 11) is 0. The second-order valence-corrected chi connectivity index (χ2v) is 13.1. The van der Waals surface area contributed by atoms with E-state index >= 15 is 0 Å². The van der Waals surface area contributed by atoms with Gasteiger partial charge >= 0.3 is 0 Å². The Morgan fingerprint density at radius 2 is 1.69 bits per heavy atom. The third kappa shape index (κ3) is 2.54. The second-order valence-electron chi connectivity index (χ2n) is 13.1. The summed E-state index contributed by atoms with van der Waals surface area (Å²) >= 11 is 0. The minimum absolute atomic E-state index is 0.000316. The summed E-state index contributed by atoms with van der Waals surface area (Å²) in [6.45, 7) is 11.5. The molecule has 29 heavy (non-hydrogen) atoms. The fraction of sp³-hybridized carbons (Fsp3) is 1.00. The number of nitrogens with one attached hydrogen (secondary N) is 1. The van der Waals surface area contributed by atoms with Crippen molar-refractivity contribution in [2.75, 3.05) is 6.54 Å². The van der Waals surface area contributed by atoms with E-state index in [4.69, 9.17) is 4.74 Å². The van der Waals surface area contributed by atoms with Crippen LogP contribution in [0, 0.1) is 52.3 Å². The molecule has 6 fully saturated rings. The molecule has 2 aliphatic heterocycles. The van der Waals surface area contributed by atoms with Gasteiger partial charge in [0.1, 0.15) is 5.72 Å². The average molecular weight is 400 g/mol. The molecular formula is C27H45NO. The topological polar surface area (TPSA) is 21.3 Å². The molecule has 0 bridgehead atoms. The predicted molar refractivity (Wildman–Crippen MR) is 118 cm³/mol. The van der Waals surface area contributed by atoms with Crippen LogP contribution in [0.3, 0.4) is 0 Å². The van der Waals surface area contributed by atoms with Crippen LogP contribution in [-0.2, 0) is 4.74 Å². The standard InChI is InChI=1S/C27H45NO/c1-17-10-14-27(28-16-17)18(2)24-23(29-27)15-22-20-9-8-19-7-5-6-12-25(19,3)21(20)11-13-26(22,24)4/h17-24,28H,5-16H2,1-4H3/t17?,18-,19?,20+,21-,22-,23-,24-,25-,26-,27-/m0/s1. The predicted octanol–water partition coefficient (Wildman–Crippen LogP) is 6.40. The first-order chi connectivity index (χ1) is 13.9. The summed E-state index contributed by atoms with van der Waals surface area (Å²) in [5.41, 5.74) is 1.19. The molecule has 4 saturated carbocycles. The van der Waals surface area contributed by atoms with Crippen molar-refractivity contribution in [2.24, 2.45) is 52.3 Å². The normalized spacial score (nSPS) is 61.7. The minimum atomic E-state index is -0.000316. The van der Waals surface area contributed by atoms with E-state index in [9.17, 15) is 0 Å². The highest BCUT2D eigenvalue weighted by Gasteiger charge is 2.68. The summed E-state index contributed by atoms with van der Waals surface area (Å²) < 4.78 is 7.03. The van der Waals surface area contributed by atoms with Crippen molar-refractivity contribution in [1.29, 1.82) is 0 Å². The first kappa shape index (κ1) is 19.6. The molecule has 11 atom stereocenters. The van der Waals surface area contributed by atoms with Crippen LogP contribution in [-0.4, -0.2) is 18.4 Å². The van der Waals surface area contributed by atoms with Crippen molar-refractivity contribution in [2.45, 2.75) is 110 Å². The third-order valence-electron chi connectivity index (χ3n) is 12.1. The van der Waals surface area contributed by atoms with Crippen LogP contribution in [0.2, 0.25) is 0 Å². The van der Waals surface area contributed by atoms with Crippen LogP contribution in [0.4, 0.5) is 0 Å². The van der Waals surface area contributed by atoms with Gasteiger partial charge < -0.3 is 4.74 Å². The number of hydrogen-bond acceptors (Lipinski definition) is 2. The fourth-order valence-corrected chi connectivity index (χ4v) is 10.5. The molecule has 2 heterocycles. The first-order valence-corrected chi connectivity index (χ1v) is 13.3. The molecule has 2 heteroatoms. The van der Waals surface area contributed by atoms with Gasteiger partial charge in [0.15, 0.2) is 0 Å². The fourth-order valence-electron chi connectivity index (χ4n) is 10.5. The Bertz CT molecular complexity index is 653. The Kier molecular flexibility index (Phi) is 4.37. The van der Waals surface area contributed by atoms with E-state index in [1.165, 1.54) is 70.6 Å². The van der Waals surface area contributed by atoms with Crippen molar-refractivity contribution in [3.05, 3.63) is 0 Å². The molecule has 1 N–H and O–H groups in total. The lowest BCUT2D eigenvalue weighted by molar-refractivity contribution is -0.132. The zero-order chi connectivity index (χ0) is 20.0. The van der Waals surface area contributed by atoms with Crippen molar-refractivity contribution >= 4 is 0 Å². The van der Waals surface area contributed by atoms with Gasteiger partial charge in [-0.2, -0.15) is 0 Å². The number of fused-ring (bicyclic) bond motifs is 7. The van der Waals surface area contributed by atoms with Crippen molar-refractivity contribution in [1.82, 2.24) is 5.32 Å².